The van der Waals surface area contributed by atoms with E-state index in [1.54, 1.807) is 6.07 Å². The van der Waals surface area contributed by atoms with Crippen LogP contribution in [0.25, 0.3) is 10.9 Å². The fourth-order valence-electron chi connectivity index (χ4n) is 1.71. The van der Waals surface area contributed by atoms with Crippen molar-refractivity contribution in [3.8, 4) is 0 Å². The summed E-state index contributed by atoms with van der Waals surface area (Å²) in [6, 6.07) is 7.61. The largest absolute Gasteiger partial charge is 0.465 e. The van der Waals surface area contributed by atoms with Gasteiger partial charge in [0.25, 0.3) is 0 Å². The van der Waals surface area contributed by atoms with E-state index in [2.05, 4.69) is 24.9 Å². The number of methoxy groups -OCH3 is 1. The van der Waals surface area contributed by atoms with Crippen LogP contribution in [0.2, 0.25) is 0 Å². The number of rotatable bonds is 2. The van der Waals surface area contributed by atoms with Crippen LogP contribution in [-0.4, -0.2) is 18.1 Å². The number of hydrogen-bond donors (Lipinski definition) is 1. The Bertz CT molecular complexity index is 526. The number of aromatic amines is 1. The predicted octanol–water partition coefficient (Wildman–Crippen LogP) is 3.08. The summed E-state index contributed by atoms with van der Waals surface area (Å²) >= 11 is 0. The molecule has 0 saturated carbocycles. The average molecular weight is 217 g/mol. The van der Waals surface area contributed by atoms with Crippen LogP contribution in [0.15, 0.2) is 24.3 Å². The van der Waals surface area contributed by atoms with Gasteiger partial charge < -0.3 is 9.72 Å². The molecule has 1 heterocycles. The molecule has 0 amide bonds. The minimum atomic E-state index is -0.297. The molecule has 0 aliphatic heterocycles. The van der Waals surface area contributed by atoms with Crippen LogP contribution in [-0.2, 0) is 4.74 Å². The zero-order chi connectivity index (χ0) is 11.7. The van der Waals surface area contributed by atoms with Crippen LogP contribution in [0, 0.1) is 0 Å². The van der Waals surface area contributed by atoms with Crippen molar-refractivity contribution in [2.24, 2.45) is 0 Å². The van der Waals surface area contributed by atoms with E-state index >= 15 is 0 Å². The molecule has 2 rings (SSSR count). The van der Waals surface area contributed by atoms with Crippen LogP contribution in [0.4, 0.5) is 0 Å². The Balaban J connectivity index is 2.49. The van der Waals surface area contributed by atoms with Gasteiger partial charge in [0.2, 0.25) is 0 Å². The number of esters is 1. The number of benzene rings is 1. The molecule has 2 aromatic rings. The summed E-state index contributed by atoms with van der Waals surface area (Å²) in [4.78, 5) is 14.7. The normalized spacial score (nSPS) is 11.0. The highest BCUT2D eigenvalue weighted by Gasteiger charge is 2.08. The number of ether oxygens (including phenoxy) is 1. The summed E-state index contributed by atoms with van der Waals surface area (Å²) in [5, 5.41) is 1.05. The highest BCUT2D eigenvalue weighted by atomic mass is 16.5. The van der Waals surface area contributed by atoms with Crippen molar-refractivity contribution < 1.29 is 9.53 Å². The van der Waals surface area contributed by atoms with Crippen molar-refractivity contribution in [3.05, 3.63) is 35.5 Å². The van der Waals surface area contributed by atoms with Gasteiger partial charge in [-0.1, -0.05) is 13.8 Å². The second-order valence-electron chi connectivity index (χ2n) is 4.17. The Kier molecular flexibility index (Phi) is 2.69. The number of carbonyl (C=O) groups is 1. The summed E-state index contributed by atoms with van der Waals surface area (Å²) in [5.74, 6) is 0.156. The molecule has 0 saturated heterocycles. The fourth-order valence-corrected chi connectivity index (χ4v) is 1.71. The first-order chi connectivity index (χ1) is 7.61. The lowest BCUT2D eigenvalue weighted by atomic mass is 10.1. The number of aromatic nitrogens is 1. The summed E-state index contributed by atoms with van der Waals surface area (Å²) in [5.41, 5.74) is 2.82. The Morgan fingerprint density at radius 1 is 1.31 bits per heavy atom. The third-order valence-corrected chi connectivity index (χ3v) is 2.68. The molecule has 0 fully saturated rings. The monoisotopic (exact) mass is 217 g/mol. The number of hydrogen-bond acceptors (Lipinski definition) is 2. The molecule has 0 atom stereocenters. The van der Waals surface area contributed by atoms with Crippen molar-refractivity contribution in [1.82, 2.24) is 4.98 Å². The molecule has 1 N–H and O–H groups in total. The van der Waals surface area contributed by atoms with Crippen LogP contribution in [0.3, 0.4) is 0 Å². The first kappa shape index (κ1) is 10.7. The summed E-state index contributed by atoms with van der Waals surface area (Å²) in [7, 11) is 1.39. The lowest BCUT2D eigenvalue weighted by Crippen LogP contribution is -2.00. The Hall–Kier alpha value is -1.77. The van der Waals surface area contributed by atoms with E-state index in [1.807, 2.05) is 12.1 Å². The molecule has 0 bridgehead atoms. The van der Waals surface area contributed by atoms with Crippen LogP contribution < -0.4 is 0 Å². The molecular weight excluding hydrogens is 202 g/mol. The topological polar surface area (TPSA) is 42.1 Å². The Morgan fingerprint density at radius 2 is 2.06 bits per heavy atom. The molecular formula is C13H15NO2. The van der Waals surface area contributed by atoms with Crippen LogP contribution in [0.5, 0.6) is 0 Å². The molecule has 0 aliphatic rings. The van der Waals surface area contributed by atoms with Gasteiger partial charge in [-0.15, -0.1) is 0 Å². The minimum absolute atomic E-state index is 0.297. The Labute approximate surface area is 94.4 Å². The van der Waals surface area contributed by atoms with E-state index < -0.39 is 0 Å². The zero-order valence-electron chi connectivity index (χ0n) is 9.70. The van der Waals surface area contributed by atoms with Gasteiger partial charge in [0, 0.05) is 16.6 Å². The minimum Gasteiger partial charge on any atom is -0.465 e. The van der Waals surface area contributed by atoms with Crippen molar-refractivity contribution in [2.45, 2.75) is 19.8 Å². The smallest absolute Gasteiger partial charge is 0.337 e. The van der Waals surface area contributed by atoms with Gasteiger partial charge in [0.05, 0.1) is 12.7 Å². The van der Waals surface area contributed by atoms with Crippen molar-refractivity contribution >= 4 is 16.9 Å². The molecule has 1 aromatic heterocycles. The lowest BCUT2D eigenvalue weighted by molar-refractivity contribution is 0.0601. The van der Waals surface area contributed by atoms with E-state index in [1.165, 1.54) is 12.8 Å². The Morgan fingerprint density at radius 3 is 2.69 bits per heavy atom. The second kappa shape index (κ2) is 4.00. The third-order valence-electron chi connectivity index (χ3n) is 2.68. The fraction of sp³-hybridized carbons (Fsp3) is 0.308. The molecule has 16 heavy (non-hydrogen) atoms. The van der Waals surface area contributed by atoms with Crippen LogP contribution in [0.1, 0.15) is 35.8 Å². The van der Waals surface area contributed by atoms with Gasteiger partial charge in [0.15, 0.2) is 0 Å². The number of carbonyl (C=O) groups excluding carboxylic acids is 1. The van der Waals surface area contributed by atoms with Gasteiger partial charge in [-0.3, -0.25) is 0 Å². The number of nitrogens with one attached hydrogen (secondary N) is 1. The average Bonchev–Trinajstić information content (AvgIpc) is 2.70. The van der Waals surface area contributed by atoms with Crippen molar-refractivity contribution in [2.75, 3.05) is 7.11 Å². The molecule has 0 unspecified atom stereocenters. The number of H-pyrrole nitrogens is 1. The van der Waals surface area contributed by atoms with E-state index in [-0.39, 0.29) is 5.97 Å². The van der Waals surface area contributed by atoms with Gasteiger partial charge in [-0.05, 0) is 30.2 Å². The van der Waals surface area contributed by atoms with E-state index in [9.17, 15) is 4.79 Å². The molecule has 84 valence electrons. The van der Waals surface area contributed by atoms with Crippen molar-refractivity contribution in [1.29, 1.82) is 0 Å². The maximum Gasteiger partial charge on any atom is 0.337 e. The van der Waals surface area contributed by atoms with E-state index in [0.29, 0.717) is 11.5 Å². The summed E-state index contributed by atoms with van der Waals surface area (Å²) < 4.78 is 4.69. The van der Waals surface area contributed by atoms with Gasteiger partial charge >= 0.3 is 5.97 Å². The quantitative estimate of drug-likeness (QED) is 0.785. The highest BCUT2D eigenvalue weighted by Crippen LogP contribution is 2.22. The molecule has 0 spiro atoms. The SMILES string of the molecule is COC(=O)c1ccc2[nH]c(C(C)C)cc2c1. The molecule has 1 aromatic carbocycles. The first-order valence-corrected chi connectivity index (χ1v) is 5.33. The molecule has 0 aliphatic carbocycles. The van der Waals surface area contributed by atoms with E-state index in [4.69, 9.17) is 4.74 Å². The highest BCUT2D eigenvalue weighted by molar-refractivity contribution is 5.94. The van der Waals surface area contributed by atoms with Gasteiger partial charge in [-0.2, -0.15) is 0 Å². The van der Waals surface area contributed by atoms with Gasteiger partial charge in [-0.25, -0.2) is 4.79 Å². The third kappa shape index (κ3) is 1.81. The van der Waals surface area contributed by atoms with Crippen molar-refractivity contribution in [3.63, 3.8) is 0 Å². The van der Waals surface area contributed by atoms with Gasteiger partial charge in [0.1, 0.15) is 0 Å². The van der Waals surface area contributed by atoms with Crippen LogP contribution >= 0.6 is 0 Å². The number of fused-ring (bicyclic) bond motifs is 1. The maximum absolute atomic E-state index is 11.4. The first-order valence-electron chi connectivity index (χ1n) is 5.33. The zero-order valence-corrected chi connectivity index (χ0v) is 9.70. The second-order valence-corrected chi connectivity index (χ2v) is 4.17. The standard InChI is InChI=1S/C13H15NO2/c1-8(2)12-7-10-6-9(13(15)16-3)4-5-11(10)14-12/h4-8,14H,1-3H3. The lowest BCUT2D eigenvalue weighted by Gasteiger charge is -1.98. The summed E-state index contributed by atoms with van der Waals surface area (Å²) in [6.45, 7) is 4.26. The molecule has 0 radical (unpaired) electrons. The molecule has 3 nitrogen and oxygen atoms in total. The maximum atomic E-state index is 11.4. The molecule has 3 heteroatoms. The predicted molar refractivity (Wildman–Crippen MR) is 63.7 cm³/mol. The van der Waals surface area contributed by atoms with E-state index in [0.717, 1.165) is 10.9 Å². The summed E-state index contributed by atoms with van der Waals surface area (Å²) in [6.07, 6.45) is 0.